The number of hydrogen-bond acceptors (Lipinski definition) is 12. The van der Waals surface area contributed by atoms with Gasteiger partial charge in [-0.1, -0.05) is 111 Å². The third-order valence-electron chi connectivity index (χ3n) is 12.7. The second-order valence-corrected chi connectivity index (χ2v) is 20.3. The zero-order valence-corrected chi connectivity index (χ0v) is 49.1. The summed E-state index contributed by atoms with van der Waals surface area (Å²) in [7, 11) is 3.95. The standard InChI is InChI=1S/C18H17IN2.C18H18N2O.C10H9ClN2O2.C8H9BO2.C8H9BrO/c1-12-9-16-17(10-13(12)2)20-11-21-18(16)15-5-3-14(4-6-15)7-8-19;1-12-9-16-17(10-13(12)2)19-11-20-18(16)15-5-3-14(4-6-15)7-8-21;1-14-8-3-6-7(4-9(8)15-2)12-5-13-10(6)11;10-6-5-7-1-3-8(9-11)4-2-7;9-8-3-1-7(2-4-8)5-6-10/h3-6,9-11H,7-8H2,1-2H3;3-6,9-11,21H,7-8H2,1-2H3;3-5H,1-2H3;1-4,10H,5-6H2;1-4,10H,5-6H2. The molecule has 10 aromatic rings. The third-order valence-corrected chi connectivity index (χ3v) is 14.0. The molecule has 12 nitrogen and oxygen atoms in total. The van der Waals surface area contributed by atoms with Gasteiger partial charge in [0.25, 0.3) is 0 Å². The fourth-order valence-electron chi connectivity index (χ4n) is 8.01. The summed E-state index contributed by atoms with van der Waals surface area (Å²) in [6.45, 7) is 9.01. The Morgan fingerprint density at radius 1 is 0.487 bits per heavy atom. The Morgan fingerprint density at radius 3 is 1.27 bits per heavy atom. The summed E-state index contributed by atoms with van der Waals surface area (Å²) in [5.74, 6) is 1.24. The molecule has 0 radical (unpaired) electrons. The average Bonchev–Trinajstić information content (AvgIpc) is 3.48. The van der Waals surface area contributed by atoms with E-state index in [0.717, 1.165) is 95.2 Å². The molecule has 0 saturated carbocycles. The van der Waals surface area contributed by atoms with Crippen LogP contribution in [0.1, 0.15) is 44.5 Å². The van der Waals surface area contributed by atoms with Gasteiger partial charge in [-0.05, 0) is 128 Å². The number of aromatic nitrogens is 6. The van der Waals surface area contributed by atoms with Crippen molar-refractivity contribution in [2.45, 2.75) is 53.4 Å². The maximum Gasteiger partial charge on any atom is 0.0471 e. The summed E-state index contributed by atoms with van der Waals surface area (Å²) in [6.07, 6.45) is 7.88. The van der Waals surface area contributed by atoms with Gasteiger partial charge >= 0.3 is 65.3 Å². The first-order valence-electron chi connectivity index (χ1n) is 25.1. The number of fused-ring (bicyclic) bond motifs is 3. The van der Waals surface area contributed by atoms with E-state index in [4.69, 9.17) is 36.4 Å². The van der Waals surface area contributed by atoms with Crippen molar-refractivity contribution in [2.75, 3.05) is 38.5 Å². The van der Waals surface area contributed by atoms with Gasteiger partial charge in [0.05, 0.1) is 42.2 Å². The predicted octanol–water partition coefficient (Wildman–Crippen LogP) is 12.5. The first-order chi connectivity index (χ1) is 37.8. The van der Waals surface area contributed by atoms with Crippen LogP contribution in [-0.2, 0) is 30.4 Å². The molecule has 78 heavy (non-hydrogen) atoms. The van der Waals surface area contributed by atoms with Crippen LogP contribution in [0.5, 0.6) is 11.5 Å². The number of nitrogens with zero attached hydrogens (tertiary/aromatic N) is 6. The van der Waals surface area contributed by atoms with E-state index in [2.05, 4.69) is 157 Å². The van der Waals surface area contributed by atoms with Gasteiger partial charge in [-0.2, -0.15) is 0 Å². The van der Waals surface area contributed by atoms with Crippen LogP contribution in [0.3, 0.4) is 0 Å². The molecule has 0 saturated heterocycles. The van der Waals surface area contributed by atoms with Crippen LogP contribution < -0.4 is 14.9 Å². The molecular weight excluding hydrogens is 1180 g/mol. The zero-order chi connectivity index (χ0) is 56.0. The molecule has 3 N–H and O–H groups in total. The summed E-state index contributed by atoms with van der Waals surface area (Å²) >= 11 is 11.7. The Hall–Kier alpha value is -6.60. The SMILES string of the molecule is COc1cc2ncnc(Cl)c2cc1OC.Cc1cc2ncnc(-c3ccc(CCI)cc3)c2cc1C.Cc1cc2ncnc(-c3ccc(CCO)cc3)c2cc1C.O=Bc1ccc(CCO)cc1.OCCc1ccc(Br)cc1. The summed E-state index contributed by atoms with van der Waals surface area (Å²) in [4.78, 5) is 25.7. The first kappa shape index (κ1) is 60.6. The molecule has 10 rings (SSSR count). The van der Waals surface area contributed by atoms with Crippen molar-refractivity contribution < 1.29 is 29.5 Å². The van der Waals surface area contributed by atoms with Gasteiger partial charge in [-0.15, -0.1) is 0 Å². The van der Waals surface area contributed by atoms with E-state index in [1.165, 1.54) is 39.7 Å². The minimum atomic E-state index is 0.153. The largest absolute Gasteiger partial charge is 0.396 e. The molecule has 0 spiro atoms. The van der Waals surface area contributed by atoms with E-state index in [1.54, 1.807) is 51.1 Å². The van der Waals surface area contributed by atoms with E-state index in [1.807, 2.05) is 48.5 Å². The molecular formula is C62H62BBrClIN6O6. The molecule has 400 valence electrons. The summed E-state index contributed by atoms with van der Waals surface area (Å²) in [5.41, 5.74) is 17.4. The number of rotatable bonds is 13. The van der Waals surface area contributed by atoms with Crippen molar-refractivity contribution in [3.05, 3.63) is 207 Å². The molecule has 3 heterocycles. The van der Waals surface area contributed by atoms with Crippen molar-refractivity contribution in [1.82, 2.24) is 29.9 Å². The van der Waals surface area contributed by atoms with Crippen molar-refractivity contribution in [3.63, 3.8) is 0 Å². The topological polar surface area (TPSA) is 174 Å². The summed E-state index contributed by atoms with van der Waals surface area (Å²) in [6, 6.07) is 44.2. The van der Waals surface area contributed by atoms with Crippen LogP contribution in [0.15, 0.2) is 157 Å². The van der Waals surface area contributed by atoms with Gasteiger partial charge in [0, 0.05) is 55.5 Å². The van der Waals surface area contributed by atoms with E-state index in [-0.39, 0.29) is 19.8 Å². The van der Waals surface area contributed by atoms with Crippen LogP contribution in [0.2, 0.25) is 5.15 Å². The zero-order valence-electron chi connectivity index (χ0n) is 44.6. The average molecular weight is 1240 g/mol. The van der Waals surface area contributed by atoms with Gasteiger partial charge in [0.1, 0.15) is 24.1 Å². The van der Waals surface area contributed by atoms with Crippen LogP contribution >= 0.6 is 50.1 Å². The molecule has 0 unspecified atom stereocenters. The second kappa shape index (κ2) is 31.1. The molecule has 7 aromatic carbocycles. The fourth-order valence-corrected chi connectivity index (χ4v) is 9.09. The van der Waals surface area contributed by atoms with Gasteiger partial charge in [0.2, 0.25) is 0 Å². The fraction of sp³-hybridized carbons (Fsp3) is 0.226. The van der Waals surface area contributed by atoms with Crippen molar-refractivity contribution >= 4 is 95.4 Å². The number of hydrogen-bond donors (Lipinski definition) is 3. The number of aryl methyl sites for hydroxylation is 5. The minimum Gasteiger partial charge on any atom is -0.396 e. The smallest absolute Gasteiger partial charge is 0.0471 e. The Kier molecular flexibility index (Phi) is 24.2. The number of halogens is 3. The van der Waals surface area contributed by atoms with Gasteiger partial charge in [-0.25, -0.2) is 29.9 Å². The maximum absolute atomic E-state index is 10.2. The van der Waals surface area contributed by atoms with E-state index in [9.17, 15) is 4.70 Å². The first-order valence-corrected chi connectivity index (χ1v) is 27.8. The monoisotopic (exact) mass is 1240 g/mol. The predicted molar refractivity (Wildman–Crippen MR) is 328 cm³/mol. The second-order valence-electron chi connectivity index (χ2n) is 18.0. The van der Waals surface area contributed by atoms with Crippen LogP contribution in [0.25, 0.3) is 55.2 Å². The van der Waals surface area contributed by atoms with Gasteiger partial charge < -0.3 is 19.7 Å². The van der Waals surface area contributed by atoms with Crippen molar-refractivity contribution in [1.29, 1.82) is 0 Å². The Labute approximate surface area is 483 Å². The molecule has 0 amide bonds. The molecule has 3 aromatic heterocycles. The number of ether oxygens (including phenoxy) is 2. The maximum atomic E-state index is 10.2. The molecule has 0 aliphatic heterocycles. The minimum absolute atomic E-state index is 0.153. The van der Waals surface area contributed by atoms with Gasteiger partial charge in [0.15, 0.2) is 11.5 Å². The normalized spacial score (nSPS) is 10.5. The quantitative estimate of drug-likeness (QED) is 0.0432. The van der Waals surface area contributed by atoms with E-state index < -0.39 is 0 Å². The molecule has 0 bridgehead atoms. The van der Waals surface area contributed by atoms with Crippen molar-refractivity contribution in [2.24, 2.45) is 0 Å². The number of methoxy groups -OCH3 is 2. The summed E-state index contributed by atoms with van der Waals surface area (Å²) < 4.78 is 22.8. The molecule has 0 atom stereocenters. The van der Waals surface area contributed by atoms with E-state index >= 15 is 0 Å². The molecule has 0 fully saturated rings. The van der Waals surface area contributed by atoms with Crippen LogP contribution in [-0.4, -0.2) is 90.8 Å². The van der Waals surface area contributed by atoms with Crippen LogP contribution in [0, 0.1) is 27.7 Å². The summed E-state index contributed by atoms with van der Waals surface area (Å²) in [5, 5.41) is 29.5. The third kappa shape index (κ3) is 17.2. The van der Waals surface area contributed by atoms with Crippen molar-refractivity contribution in [3.8, 4) is 34.0 Å². The van der Waals surface area contributed by atoms with Crippen LogP contribution in [0.4, 0.5) is 0 Å². The Bertz CT molecular complexity index is 3390. The van der Waals surface area contributed by atoms with Gasteiger partial charge in [-0.3, -0.25) is 0 Å². The molecule has 16 heteroatoms. The Balaban J connectivity index is 0.000000163. The number of benzene rings is 7. The van der Waals surface area contributed by atoms with E-state index in [0.29, 0.717) is 35.0 Å². The number of alkyl halides is 1. The number of aliphatic hydroxyl groups excluding tert-OH is 3. The number of aliphatic hydroxyl groups is 3. The Morgan fingerprint density at radius 2 is 0.859 bits per heavy atom. The molecule has 0 aliphatic rings. The molecule has 0 aliphatic carbocycles.